The Bertz CT molecular complexity index is 146. The molecular formula is C8H19N3O. The Morgan fingerprint density at radius 2 is 1.75 bits per heavy atom. The van der Waals surface area contributed by atoms with Gasteiger partial charge in [-0.1, -0.05) is 5.16 Å². The number of hydrogen-bond donors (Lipinski definition) is 2. The van der Waals surface area contributed by atoms with Crippen molar-refractivity contribution in [3.8, 4) is 0 Å². The van der Waals surface area contributed by atoms with Gasteiger partial charge in [0.15, 0.2) is 5.84 Å². The molecule has 72 valence electrons. The summed E-state index contributed by atoms with van der Waals surface area (Å²) >= 11 is 0. The molecule has 0 aliphatic carbocycles. The number of oxime groups is 1. The van der Waals surface area contributed by atoms with Gasteiger partial charge < -0.3 is 10.9 Å². The fraction of sp³-hybridized carbons (Fsp3) is 0.875. The average molecular weight is 173 g/mol. The Labute approximate surface area is 74.0 Å². The molecule has 4 nitrogen and oxygen atoms in total. The first-order valence-corrected chi connectivity index (χ1v) is 4.21. The van der Waals surface area contributed by atoms with Crippen LogP contribution in [0, 0.1) is 0 Å². The van der Waals surface area contributed by atoms with E-state index in [0.29, 0.717) is 18.6 Å². The molecule has 0 aromatic rings. The van der Waals surface area contributed by atoms with E-state index in [-0.39, 0.29) is 5.84 Å². The summed E-state index contributed by atoms with van der Waals surface area (Å²) in [6.45, 7) is 8.87. The van der Waals surface area contributed by atoms with Crippen LogP contribution in [-0.2, 0) is 0 Å². The summed E-state index contributed by atoms with van der Waals surface area (Å²) in [7, 11) is 0. The zero-order valence-corrected chi connectivity index (χ0v) is 8.28. The third kappa shape index (κ3) is 3.57. The molecule has 0 fully saturated rings. The molecule has 3 N–H and O–H groups in total. The van der Waals surface area contributed by atoms with Crippen LogP contribution in [0.15, 0.2) is 5.16 Å². The molecule has 0 aromatic heterocycles. The molecule has 0 rings (SSSR count). The molecule has 0 aromatic carbocycles. The zero-order valence-electron chi connectivity index (χ0n) is 8.28. The van der Waals surface area contributed by atoms with Crippen LogP contribution in [0.3, 0.4) is 0 Å². The second-order valence-electron chi connectivity index (χ2n) is 3.45. The number of amidine groups is 1. The van der Waals surface area contributed by atoms with Crippen LogP contribution < -0.4 is 5.73 Å². The second kappa shape index (κ2) is 4.98. The largest absolute Gasteiger partial charge is 0.409 e. The van der Waals surface area contributed by atoms with Gasteiger partial charge in [-0.2, -0.15) is 0 Å². The molecular weight excluding hydrogens is 154 g/mol. The summed E-state index contributed by atoms with van der Waals surface area (Å²) in [5, 5.41) is 11.3. The van der Waals surface area contributed by atoms with Crippen molar-refractivity contribution in [3.63, 3.8) is 0 Å². The topological polar surface area (TPSA) is 61.8 Å². The van der Waals surface area contributed by atoms with Crippen LogP contribution in [0.25, 0.3) is 0 Å². The van der Waals surface area contributed by atoms with E-state index in [1.807, 2.05) is 0 Å². The third-order valence-electron chi connectivity index (χ3n) is 1.80. The van der Waals surface area contributed by atoms with E-state index in [0.717, 1.165) is 0 Å². The third-order valence-corrected chi connectivity index (χ3v) is 1.80. The lowest BCUT2D eigenvalue weighted by Crippen LogP contribution is -2.42. The summed E-state index contributed by atoms with van der Waals surface area (Å²) in [5.41, 5.74) is 5.41. The van der Waals surface area contributed by atoms with Crippen molar-refractivity contribution < 1.29 is 5.21 Å². The van der Waals surface area contributed by atoms with E-state index in [2.05, 4.69) is 37.8 Å². The van der Waals surface area contributed by atoms with Crippen LogP contribution in [0.4, 0.5) is 0 Å². The fourth-order valence-corrected chi connectivity index (χ4v) is 1.18. The van der Waals surface area contributed by atoms with Gasteiger partial charge in [-0.05, 0) is 27.7 Å². The number of nitrogens with zero attached hydrogens (tertiary/aromatic N) is 2. The molecule has 0 heterocycles. The van der Waals surface area contributed by atoms with Gasteiger partial charge in [0.1, 0.15) is 0 Å². The summed E-state index contributed by atoms with van der Waals surface area (Å²) in [4.78, 5) is 2.15. The lowest BCUT2D eigenvalue weighted by Gasteiger charge is -2.29. The highest BCUT2D eigenvalue weighted by Crippen LogP contribution is 2.03. The van der Waals surface area contributed by atoms with E-state index in [4.69, 9.17) is 10.9 Å². The number of hydrogen-bond acceptors (Lipinski definition) is 3. The fourth-order valence-electron chi connectivity index (χ4n) is 1.18. The van der Waals surface area contributed by atoms with Gasteiger partial charge in [-0.15, -0.1) is 0 Å². The van der Waals surface area contributed by atoms with Gasteiger partial charge in [0.25, 0.3) is 0 Å². The van der Waals surface area contributed by atoms with E-state index in [9.17, 15) is 0 Å². The number of nitrogens with two attached hydrogens (primary N) is 1. The monoisotopic (exact) mass is 173 g/mol. The number of rotatable bonds is 4. The van der Waals surface area contributed by atoms with Crippen LogP contribution in [0.2, 0.25) is 0 Å². The Hall–Kier alpha value is -0.770. The van der Waals surface area contributed by atoms with Gasteiger partial charge in [-0.3, -0.25) is 4.90 Å². The quantitative estimate of drug-likeness (QED) is 0.287. The molecule has 0 bridgehead atoms. The molecule has 0 amide bonds. The molecule has 0 saturated carbocycles. The first-order valence-electron chi connectivity index (χ1n) is 4.21. The minimum absolute atomic E-state index is 0.261. The predicted molar refractivity (Wildman–Crippen MR) is 50.4 cm³/mol. The smallest absolute Gasteiger partial charge is 0.153 e. The van der Waals surface area contributed by atoms with Gasteiger partial charge >= 0.3 is 0 Å². The first-order chi connectivity index (χ1) is 5.49. The average Bonchev–Trinajstić information content (AvgIpc) is 1.98. The van der Waals surface area contributed by atoms with Crippen LogP contribution in [0.1, 0.15) is 27.7 Å². The van der Waals surface area contributed by atoms with Crippen molar-refractivity contribution in [2.45, 2.75) is 39.8 Å². The van der Waals surface area contributed by atoms with E-state index < -0.39 is 0 Å². The lowest BCUT2D eigenvalue weighted by molar-refractivity contribution is 0.199. The highest BCUT2D eigenvalue weighted by molar-refractivity contribution is 5.81. The lowest BCUT2D eigenvalue weighted by atomic mass is 10.2. The van der Waals surface area contributed by atoms with E-state index in [1.54, 1.807) is 0 Å². The minimum atomic E-state index is 0.261. The molecule has 0 aliphatic rings. The molecule has 0 aliphatic heterocycles. The van der Waals surface area contributed by atoms with E-state index >= 15 is 0 Å². The SMILES string of the molecule is CC(C)N(CC(N)=NO)C(C)C. The maximum atomic E-state index is 8.38. The Balaban J connectivity index is 4.14. The van der Waals surface area contributed by atoms with Crippen LogP contribution in [-0.4, -0.2) is 34.6 Å². The highest BCUT2D eigenvalue weighted by atomic mass is 16.4. The minimum Gasteiger partial charge on any atom is -0.409 e. The van der Waals surface area contributed by atoms with E-state index in [1.165, 1.54) is 0 Å². The van der Waals surface area contributed by atoms with Gasteiger partial charge in [0, 0.05) is 12.1 Å². The zero-order chi connectivity index (χ0) is 9.72. The standard InChI is InChI=1S/C8H19N3O/c1-6(2)11(7(3)4)5-8(9)10-12/h6-7,12H,5H2,1-4H3,(H2,9,10). The maximum Gasteiger partial charge on any atom is 0.153 e. The van der Waals surface area contributed by atoms with Crippen LogP contribution >= 0.6 is 0 Å². The van der Waals surface area contributed by atoms with Crippen LogP contribution in [0.5, 0.6) is 0 Å². The molecule has 0 radical (unpaired) electrons. The van der Waals surface area contributed by atoms with Crippen molar-refractivity contribution in [1.29, 1.82) is 0 Å². The summed E-state index contributed by atoms with van der Waals surface area (Å²) in [5.74, 6) is 0.261. The van der Waals surface area contributed by atoms with Gasteiger partial charge in [0.2, 0.25) is 0 Å². The Morgan fingerprint density at radius 3 is 2.00 bits per heavy atom. The molecule has 4 heteroatoms. The summed E-state index contributed by atoms with van der Waals surface area (Å²) in [6.07, 6.45) is 0. The molecule has 0 saturated heterocycles. The van der Waals surface area contributed by atoms with Crippen molar-refractivity contribution >= 4 is 5.84 Å². The maximum absolute atomic E-state index is 8.38. The van der Waals surface area contributed by atoms with Gasteiger partial charge in [0.05, 0.1) is 6.54 Å². The second-order valence-corrected chi connectivity index (χ2v) is 3.45. The van der Waals surface area contributed by atoms with Crippen molar-refractivity contribution in [3.05, 3.63) is 0 Å². The summed E-state index contributed by atoms with van der Waals surface area (Å²) < 4.78 is 0. The van der Waals surface area contributed by atoms with Crippen molar-refractivity contribution in [1.82, 2.24) is 4.90 Å². The Morgan fingerprint density at radius 1 is 1.33 bits per heavy atom. The molecule has 0 unspecified atom stereocenters. The van der Waals surface area contributed by atoms with Crippen molar-refractivity contribution in [2.75, 3.05) is 6.54 Å². The molecule has 0 spiro atoms. The summed E-state index contributed by atoms with van der Waals surface area (Å²) in [6, 6.07) is 0.815. The first kappa shape index (κ1) is 11.2. The predicted octanol–water partition coefficient (Wildman–Crippen LogP) is 0.852. The normalized spacial score (nSPS) is 13.4. The van der Waals surface area contributed by atoms with Gasteiger partial charge in [-0.25, -0.2) is 0 Å². The Kier molecular flexibility index (Phi) is 4.66. The van der Waals surface area contributed by atoms with Crippen molar-refractivity contribution in [2.24, 2.45) is 10.9 Å². The molecule has 0 atom stereocenters. The highest BCUT2D eigenvalue weighted by Gasteiger charge is 2.14. The molecule has 12 heavy (non-hydrogen) atoms.